The Morgan fingerprint density at radius 3 is 2.70 bits per heavy atom. The minimum atomic E-state index is -4.43. The maximum absolute atomic E-state index is 12.6. The normalized spacial score (nSPS) is 14.2. The maximum atomic E-state index is 12.6. The zero-order chi connectivity index (χ0) is 23.3. The van der Waals surface area contributed by atoms with Crippen LogP contribution < -0.4 is 10.1 Å². The third-order valence-electron chi connectivity index (χ3n) is 5.06. The molecular weight excluding hydrogens is 433 g/mol. The highest BCUT2D eigenvalue weighted by Crippen LogP contribution is 2.30. The molecule has 170 valence electrons. The monoisotopic (exact) mass is 454 g/mol. The van der Waals surface area contributed by atoms with Gasteiger partial charge in [-0.15, -0.1) is 0 Å². The SMILES string of the molecule is O=C(Nc1cccnc1)N1CC(/C=C\Cc2cccc(Oc3ccc(C(F)(F)F)cn3)c2)C1. The van der Waals surface area contributed by atoms with E-state index in [0.29, 0.717) is 36.9 Å². The van der Waals surface area contributed by atoms with Gasteiger partial charge in [0.05, 0.1) is 17.4 Å². The van der Waals surface area contributed by atoms with Crippen molar-refractivity contribution in [2.45, 2.75) is 12.6 Å². The second kappa shape index (κ2) is 9.72. The summed E-state index contributed by atoms with van der Waals surface area (Å²) < 4.78 is 43.5. The van der Waals surface area contributed by atoms with Crippen molar-refractivity contribution in [3.05, 3.63) is 90.4 Å². The quantitative estimate of drug-likeness (QED) is 0.496. The standard InChI is InChI=1S/C24H21F3N4O2/c25-24(26,27)19-9-10-22(29-13-19)33-21-8-2-5-17(12-21)4-1-6-18-15-31(16-18)23(32)30-20-7-3-11-28-14-20/h1-3,5-14,18H,4,15-16H2,(H,30,32)/b6-1-. The second-order valence-corrected chi connectivity index (χ2v) is 7.60. The van der Waals surface area contributed by atoms with Crippen molar-refractivity contribution in [3.63, 3.8) is 0 Å². The van der Waals surface area contributed by atoms with Gasteiger partial charge < -0.3 is 15.0 Å². The van der Waals surface area contributed by atoms with Crippen molar-refractivity contribution in [2.24, 2.45) is 5.92 Å². The van der Waals surface area contributed by atoms with E-state index < -0.39 is 11.7 Å². The molecule has 33 heavy (non-hydrogen) atoms. The summed E-state index contributed by atoms with van der Waals surface area (Å²) in [6, 6.07) is 12.8. The van der Waals surface area contributed by atoms with Gasteiger partial charge in [-0.3, -0.25) is 4.98 Å². The lowest BCUT2D eigenvalue weighted by Crippen LogP contribution is -2.50. The Bertz CT molecular complexity index is 1110. The van der Waals surface area contributed by atoms with E-state index in [2.05, 4.69) is 21.4 Å². The van der Waals surface area contributed by atoms with Gasteiger partial charge in [-0.25, -0.2) is 9.78 Å². The maximum Gasteiger partial charge on any atom is 0.417 e. The smallest absolute Gasteiger partial charge is 0.417 e. The van der Waals surface area contributed by atoms with Crippen molar-refractivity contribution in [2.75, 3.05) is 18.4 Å². The molecule has 9 heteroatoms. The van der Waals surface area contributed by atoms with Gasteiger partial charge in [0.2, 0.25) is 5.88 Å². The summed E-state index contributed by atoms with van der Waals surface area (Å²) in [4.78, 5) is 21.6. The zero-order valence-electron chi connectivity index (χ0n) is 17.5. The number of ether oxygens (including phenoxy) is 1. The first kappa shape index (κ1) is 22.3. The summed E-state index contributed by atoms with van der Waals surface area (Å²) in [5.74, 6) is 0.880. The van der Waals surface area contributed by atoms with E-state index in [1.807, 2.05) is 24.3 Å². The van der Waals surface area contributed by atoms with E-state index in [-0.39, 0.29) is 11.9 Å². The number of carbonyl (C=O) groups excluding carboxylic acids is 1. The Morgan fingerprint density at radius 2 is 2.00 bits per heavy atom. The van der Waals surface area contributed by atoms with Crippen LogP contribution in [0.15, 0.2) is 79.3 Å². The highest BCUT2D eigenvalue weighted by molar-refractivity contribution is 5.89. The lowest BCUT2D eigenvalue weighted by Gasteiger charge is -2.37. The molecule has 0 aliphatic carbocycles. The molecule has 3 aromatic rings. The number of benzene rings is 1. The molecule has 1 saturated heterocycles. The number of nitrogens with zero attached hydrogens (tertiary/aromatic N) is 3. The van der Waals surface area contributed by atoms with Gasteiger partial charge in [-0.05, 0) is 42.3 Å². The van der Waals surface area contributed by atoms with Crippen LogP contribution in [-0.2, 0) is 12.6 Å². The van der Waals surface area contributed by atoms with Gasteiger partial charge in [-0.1, -0.05) is 24.3 Å². The molecule has 0 unspecified atom stereocenters. The number of allylic oxidation sites excluding steroid dienone is 1. The van der Waals surface area contributed by atoms with Crippen LogP contribution in [0, 0.1) is 5.92 Å². The summed E-state index contributed by atoms with van der Waals surface area (Å²) in [6.45, 7) is 1.29. The molecule has 2 amide bonds. The van der Waals surface area contributed by atoms with Crippen LogP contribution >= 0.6 is 0 Å². The van der Waals surface area contributed by atoms with Crippen LogP contribution in [0.2, 0.25) is 0 Å². The van der Waals surface area contributed by atoms with Gasteiger partial charge in [-0.2, -0.15) is 13.2 Å². The van der Waals surface area contributed by atoms with Gasteiger partial charge in [0.25, 0.3) is 0 Å². The molecule has 1 N–H and O–H groups in total. The average molecular weight is 454 g/mol. The molecule has 0 saturated carbocycles. The topological polar surface area (TPSA) is 67.4 Å². The van der Waals surface area contributed by atoms with E-state index in [9.17, 15) is 18.0 Å². The number of carbonyl (C=O) groups is 1. The number of halogens is 3. The van der Waals surface area contributed by atoms with Crippen molar-refractivity contribution >= 4 is 11.7 Å². The Balaban J connectivity index is 1.24. The van der Waals surface area contributed by atoms with Crippen LogP contribution in [0.1, 0.15) is 11.1 Å². The fraction of sp³-hybridized carbons (Fsp3) is 0.208. The van der Waals surface area contributed by atoms with Crippen LogP contribution in [0.5, 0.6) is 11.6 Å². The molecule has 0 spiro atoms. The third kappa shape index (κ3) is 6.09. The Kier molecular flexibility index (Phi) is 6.58. The summed E-state index contributed by atoms with van der Waals surface area (Å²) in [6.07, 6.45) is 4.35. The molecule has 1 fully saturated rings. The van der Waals surface area contributed by atoms with Crippen LogP contribution in [0.4, 0.5) is 23.7 Å². The first-order valence-corrected chi connectivity index (χ1v) is 10.3. The van der Waals surface area contributed by atoms with Crippen molar-refractivity contribution < 1.29 is 22.7 Å². The number of nitrogens with one attached hydrogen (secondary N) is 1. The minimum absolute atomic E-state index is 0.0924. The second-order valence-electron chi connectivity index (χ2n) is 7.60. The number of hydrogen-bond donors (Lipinski definition) is 1. The molecule has 0 radical (unpaired) electrons. The molecule has 1 aliphatic heterocycles. The Morgan fingerprint density at radius 1 is 1.15 bits per heavy atom. The molecule has 0 bridgehead atoms. The van der Waals surface area contributed by atoms with E-state index in [0.717, 1.165) is 17.8 Å². The number of likely N-dealkylation sites (tertiary alicyclic amines) is 1. The average Bonchev–Trinajstić information content (AvgIpc) is 2.76. The fourth-order valence-electron chi connectivity index (χ4n) is 3.30. The van der Waals surface area contributed by atoms with Crippen LogP contribution in [0.3, 0.4) is 0 Å². The van der Waals surface area contributed by atoms with E-state index >= 15 is 0 Å². The highest BCUT2D eigenvalue weighted by Gasteiger charge is 2.31. The number of hydrogen-bond acceptors (Lipinski definition) is 4. The van der Waals surface area contributed by atoms with Crippen molar-refractivity contribution in [1.29, 1.82) is 0 Å². The summed E-state index contributed by atoms with van der Waals surface area (Å²) in [7, 11) is 0. The number of alkyl halides is 3. The number of pyridine rings is 2. The van der Waals surface area contributed by atoms with Gasteiger partial charge in [0.1, 0.15) is 5.75 Å². The molecule has 2 aromatic heterocycles. The lowest BCUT2D eigenvalue weighted by molar-refractivity contribution is -0.137. The Hall–Kier alpha value is -3.88. The lowest BCUT2D eigenvalue weighted by atomic mass is 9.99. The number of amides is 2. The Labute approximate surface area is 188 Å². The van der Waals surface area contributed by atoms with Gasteiger partial charge in [0, 0.05) is 37.5 Å². The van der Waals surface area contributed by atoms with Crippen LogP contribution in [-0.4, -0.2) is 34.0 Å². The van der Waals surface area contributed by atoms with E-state index in [1.54, 1.807) is 35.5 Å². The molecule has 1 aromatic carbocycles. The highest BCUT2D eigenvalue weighted by atomic mass is 19.4. The molecular formula is C24H21F3N4O2. The summed E-state index contributed by atoms with van der Waals surface area (Å²) in [5.41, 5.74) is 0.828. The third-order valence-corrected chi connectivity index (χ3v) is 5.06. The number of rotatable bonds is 6. The largest absolute Gasteiger partial charge is 0.439 e. The number of anilines is 1. The molecule has 3 heterocycles. The van der Waals surface area contributed by atoms with Gasteiger partial charge >= 0.3 is 12.2 Å². The zero-order valence-corrected chi connectivity index (χ0v) is 17.5. The molecule has 0 atom stereocenters. The molecule has 6 nitrogen and oxygen atoms in total. The van der Waals surface area contributed by atoms with E-state index in [1.165, 1.54) is 6.07 Å². The van der Waals surface area contributed by atoms with Crippen molar-refractivity contribution in [1.82, 2.24) is 14.9 Å². The summed E-state index contributed by atoms with van der Waals surface area (Å²) in [5, 5.41) is 2.81. The fourth-order valence-corrected chi connectivity index (χ4v) is 3.30. The first-order chi connectivity index (χ1) is 15.9. The number of urea groups is 1. The molecule has 1 aliphatic rings. The number of aromatic nitrogens is 2. The predicted octanol–water partition coefficient (Wildman–Crippen LogP) is 5.55. The first-order valence-electron chi connectivity index (χ1n) is 10.3. The predicted molar refractivity (Wildman–Crippen MR) is 117 cm³/mol. The van der Waals surface area contributed by atoms with Gasteiger partial charge in [0.15, 0.2) is 0 Å². The van der Waals surface area contributed by atoms with Crippen LogP contribution in [0.25, 0.3) is 0 Å². The molecule has 4 rings (SSSR count). The van der Waals surface area contributed by atoms with E-state index in [4.69, 9.17) is 4.74 Å². The summed E-state index contributed by atoms with van der Waals surface area (Å²) >= 11 is 0. The minimum Gasteiger partial charge on any atom is -0.439 e. The van der Waals surface area contributed by atoms with Crippen molar-refractivity contribution in [3.8, 4) is 11.6 Å².